The van der Waals surface area contributed by atoms with Gasteiger partial charge in [-0.15, -0.1) is 0 Å². The molecule has 0 radical (unpaired) electrons. The Morgan fingerprint density at radius 3 is 2.39 bits per heavy atom. The molecular weight excluding hydrogens is 333 g/mol. The summed E-state index contributed by atoms with van der Waals surface area (Å²) in [4.78, 5) is 27.2. The zero-order valence-corrected chi connectivity index (χ0v) is 13.1. The summed E-state index contributed by atoms with van der Waals surface area (Å²) < 4.78 is 37.8. The molecule has 1 aliphatic heterocycles. The van der Waals surface area contributed by atoms with Gasteiger partial charge in [-0.2, -0.15) is 24.9 Å². The van der Waals surface area contributed by atoms with Crippen molar-refractivity contribution < 1.29 is 27.9 Å². The lowest BCUT2D eigenvalue weighted by Crippen LogP contribution is -2.56. The van der Waals surface area contributed by atoms with Crippen molar-refractivity contribution in [1.29, 1.82) is 0 Å². The fourth-order valence-corrected chi connectivity index (χ4v) is 3.55. The fraction of sp³-hybridized carbons (Fsp3) is 0.500. The highest BCUT2D eigenvalue weighted by Gasteiger charge is 2.42. The predicted molar refractivity (Wildman–Crippen MR) is 78.4 cm³/mol. The summed E-state index contributed by atoms with van der Waals surface area (Å²) in [5.41, 5.74) is -2.62. The van der Waals surface area contributed by atoms with Gasteiger partial charge < -0.3 is 10.4 Å². The van der Waals surface area contributed by atoms with Crippen LogP contribution in [0, 0.1) is 6.92 Å². The number of amides is 1. The average molecular weight is 348 g/mol. The van der Waals surface area contributed by atoms with Gasteiger partial charge in [0.1, 0.15) is 11.2 Å². The molecule has 1 saturated heterocycles. The summed E-state index contributed by atoms with van der Waals surface area (Å²) >= 11 is 1.59. The Balaban J connectivity index is 2.25. The Hall–Kier alpha value is -1.77. The second kappa shape index (κ2) is 6.38. The number of hydrogen-bond donors (Lipinski definition) is 2. The second-order valence-corrected chi connectivity index (χ2v) is 6.51. The Bertz CT molecular complexity index is 628. The van der Waals surface area contributed by atoms with Crippen LogP contribution in [-0.2, 0) is 11.0 Å². The molecule has 0 aliphatic carbocycles. The maximum Gasteiger partial charge on any atom is 0.433 e. The lowest BCUT2D eigenvalue weighted by molar-refractivity contribution is -0.145. The van der Waals surface area contributed by atoms with Crippen LogP contribution in [0.25, 0.3) is 0 Å². The van der Waals surface area contributed by atoms with Gasteiger partial charge in [0.05, 0.1) is 11.3 Å². The van der Waals surface area contributed by atoms with Crippen LogP contribution in [-0.4, -0.2) is 39.0 Å². The molecular formula is C14H15F3N2O3S. The molecule has 0 atom stereocenters. The normalized spacial score (nSPS) is 17.6. The molecule has 0 spiro atoms. The van der Waals surface area contributed by atoms with E-state index in [2.05, 4.69) is 10.3 Å². The SMILES string of the molecule is Cc1nc(C(F)(F)F)ccc1C(=O)NC1(C(=O)O)CCSCC1. The van der Waals surface area contributed by atoms with E-state index in [1.165, 1.54) is 6.92 Å². The molecule has 0 bridgehead atoms. The predicted octanol–water partition coefficient (Wildman–Crippen LogP) is 2.49. The van der Waals surface area contributed by atoms with Gasteiger partial charge in [-0.1, -0.05) is 0 Å². The number of pyridine rings is 1. The zero-order valence-electron chi connectivity index (χ0n) is 12.2. The van der Waals surface area contributed by atoms with Crippen LogP contribution >= 0.6 is 11.8 Å². The minimum atomic E-state index is -4.59. The van der Waals surface area contributed by atoms with Gasteiger partial charge in [0.2, 0.25) is 0 Å². The number of nitrogens with zero attached hydrogens (tertiary/aromatic N) is 1. The number of aromatic nitrogens is 1. The van der Waals surface area contributed by atoms with Gasteiger partial charge in [-0.05, 0) is 43.4 Å². The van der Waals surface area contributed by atoms with E-state index in [-0.39, 0.29) is 24.1 Å². The number of rotatable bonds is 3. The van der Waals surface area contributed by atoms with Crippen LogP contribution in [0.5, 0.6) is 0 Å². The zero-order chi connectivity index (χ0) is 17.3. The van der Waals surface area contributed by atoms with Gasteiger partial charge in [-0.3, -0.25) is 4.79 Å². The van der Waals surface area contributed by atoms with Crippen molar-refractivity contribution >= 4 is 23.6 Å². The quantitative estimate of drug-likeness (QED) is 0.877. The smallest absolute Gasteiger partial charge is 0.433 e. The molecule has 1 amide bonds. The molecule has 9 heteroatoms. The fourth-order valence-electron chi connectivity index (χ4n) is 2.36. The summed E-state index contributed by atoms with van der Waals surface area (Å²) in [6, 6.07) is 1.74. The lowest BCUT2D eigenvalue weighted by Gasteiger charge is -2.33. The first-order valence-electron chi connectivity index (χ1n) is 6.84. The van der Waals surface area contributed by atoms with Crippen molar-refractivity contribution in [3.05, 3.63) is 29.1 Å². The Labute approximate surface area is 134 Å². The van der Waals surface area contributed by atoms with Gasteiger partial charge >= 0.3 is 12.1 Å². The minimum absolute atomic E-state index is 0.0585. The van der Waals surface area contributed by atoms with Crippen LogP contribution in [0.3, 0.4) is 0 Å². The van der Waals surface area contributed by atoms with E-state index in [1.54, 1.807) is 11.8 Å². The summed E-state index contributed by atoms with van der Waals surface area (Å²) in [5, 5.41) is 11.9. The van der Waals surface area contributed by atoms with E-state index < -0.39 is 29.3 Å². The van der Waals surface area contributed by atoms with E-state index in [0.29, 0.717) is 17.6 Å². The van der Waals surface area contributed by atoms with E-state index in [1.807, 2.05) is 0 Å². The molecule has 2 rings (SSSR count). The van der Waals surface area contributed by atoms with E-state index in [4.69, 9.17) is 0 Å². The first kappa shape index (κ1) is 17.6. The van der Waals surface area contributed by atoms with Crippen molar-refractivity contribution in [2.45, 2.75) is 31.5 Å². The van der Waals surface area contributed by atoms with Crippen molar-refractivity contribution in [1.82, 2.24) is 10.3 Å². The number of carboxylic acid groups (broad SMARTS) is 1. The van der Waals surface area contributed by atoms with Crippen molar-refractivity contribution in [2.75, 3.05) is 11.5 Å². The first-order valence-corrected chi connectivity index (χ1v) is 8.00. The standard InChI is InChI=1S/C14H15F3N2O3S/c1-8-9(2-3-10(18-8)14(15,16)17)11(20)19-13(12(21)22)4-6-23-7-5-13/h2-3H,4-7H2,1H3,(H,19,20)(H,21,22). The molecule has 1 aromatic heterocycles. The highest BCUT2D eigenvalue weighted by atomic mass is 32.2. The van der Waals surface area contributed by atoms with Crippen molar-refractivity contribution in [3.63, 3.8) is 0 Å². The van der Waals surface area contributed by atoms with Crippen LogP contribution in [0.2, 0.25) is 0 Å². The highest BCUT2D eigenvalue weighted by Crippen LogP contribution is 2.30. The monoisotopic (exact) mass is 348 g/mol. The number of carbonyl (C=O) groups is 2. The molecule has 0 unspecified atom stereocenters. The summed E-state index contributed by atoms with van der Waals surface area (Å²) in [6.45, 7) is 1.29. The maximum absolute atomic E-state index is 12.6. The van der Waals surface area contributed by atoms with E-state index in [9.17, 15) is 27.9 Å². The van der Waals surface area contributed by atoms with Gasteiger partial charge in [0.25, 0.3) is 5.91 Å². The highest BCUT2D eigenvalue weighted by molar-refractivity contribution is 7.99. The number of carbonyl (C=O) groups excluding carboxylic acids is 1. The van der Waals surface area contributed by atoms with Crippen LogP contribution in [0.1, 0.15) is 34.6 Å². The van der Waals surface area contributed by atoms with E-state index >= 15 is 0 Å². The molecule has 126 valence electrons. The third-order valence-electron chi connectivity index (χ3n) is 3.73. The van der Waals surface area contributed by atoms with Gasteiger partial charge in [0.15, 0.2) is 0 Å². The van der Waals surface area contributed by atoms with E-state index in [0.717, 1.165) is 6.07 Å². The van der Waals surface area contributed by atoms with Crippen molar-refractivity contribution in [3.8, 4) is 0 Å². The molecule has 23 heavy (non-hydrogen) atoms. The number of aryl methyl sites for hydroxylation is 1. The first-order chi connectivity index (χ1) is 10.7. The molecule has 1 aliphatic rings. The number of nitrogens with one attached hydrogen (secondary N) is 1. The number of thioether (sulfide) groups is 1. The molecule has 5 nitrogen and oxygen atoms in total. The molecule has 1 fully saturated rings. The van der Waals surface area contributed by atoms with Crippen molar-refractivity contribution in [2.24, 2.45) is 0 Å². The topological polar surface area (TPSA) is 79.3 Å². The third-order valence-corrected chi connectivity index (χ3v) is 4.72. The molecule has 2 heterocycles. The summed E-state index contributed by atoms with van der Waals surface area (Å²) in [7, 11) is 0. The average Bonchev–Trinajstić information content (AvgIpc) is 2.46. The number of alkyl halides is 3. The second-order valence-electron chi connectivity index (χ2n) is 5.28. The minimum Gasteiger partial charge on any atom is -0.480 e. The molecule has 0 aromatic carbocycles. The summed E-state index contributed by atoms with van der Waals surface area (Å²) in [5.74, 6) is -0.671. The number of aliphatic carboxylic acids is 1. The number of halogens is 3. The lowest BCUT2D eigenvalue weighted by atomic mass is 9.91. The Morgan fingerprint density at radius 1 is 1.30 bits per heavy atom. The van der Waals surface area contributed by atoms with Crippen LogP contribution in [0.4, 0.5) is 13.2 Å². The van der Waals surface area contributed by atoms with Crippen LogP contribution in [0.15, 0.2) is 12.1 Å². The van der Waals surface area contributed by atoms with Gasteiger partial charge in [-0.25, -0.2) is 9.78 Å². The van der Waals surface area contributed by atoms with Crippen LogP contribution < -0.4 is 5.32 Å². The molecule has 0 saturated carbocycles. The summed E-state index contributed by atoms with van der Waals surface area (Å²) in [6.07, 6.45) is -4.06. The van der Waals surface area contributed by atoms with Gasteiger partial charge in [0, 0.05) is 0 Å². The Kier molecular flexibility index (Phi) is 4.88. The number of carboxylic acids is 1. The third kappa shape index (κ3) is 3.77. The largest absolute Gasteiger partial charge is 0.480 e. The maximum atomic E-state index is 12.6. The number of hydrogen-bond acceptors (Lipinski definition) is 4. The Morgan fingerprint density at radius 2 is 1.91 bits per heavy atom. The molecule has 1 aromatic rings. The molecule has 2 N–H and O–H groups in total.